The van der Waals surface area contributed by atoms with Gasteiger partial charge in [-0.25, -0.2) is 4.79 Å². The van der Waals surface area contributed by atoms with Crippen LogP contribution in [0.5, 0.6) is 5.75 Å². The molecule has 15 heavy (non-hydrogen) atoms. The van der Waals surface area contributed by atoms with Crippen LogP contribution in [0.4, 0.5) is 5.69 Å². The Kier molecular flexibility index (Phi) is 2.86. The van der Waals surface area contributed by atoms with Crippen molar-refractivity contribution in [2.24, 2.45) is 0 Å². The van der Waals surface area contributed by atoms with Crippen molar-refractivity contribution >= 4 is 11.7 Å². The van der Waals surface area contributed by atoms with Crippen molar-refractivity contribution in [3.05, 3.63) is 33.9 Å². The average Bonchev–Trinajstić information content (AvgIpc) is 2.15. The number of rotatable bonds is 3. The summed E-state index contributed by atoms with van der Waals surface area (Å²) in [5.41, 5.74) is -1.25. The molecule has 0 saturated heterocycles. The number of carboxylic acid groups (broad SMARTS) is 1. The lowest BCUT2D eigenvalue weighted by molar-refractivity contribution is -0.387. The molecule has 1 aromatic carbocycles. The van der Waals surface area contributed by atoms with Gasteiger partial charge in [-0.15, -0.1) is 0 Å². The van der Waals surface area contributed by atoms with Gasteiger partial charge in [-0.2, -0.15) is 0 Å². The summed E-state index contributed by atoms with van der Waals surface area (Å²) in [7, 11) is 0. The molecule has 0 aromatic heterocycles. The van der Waals surface area contributed by atoms with Crippen LogP contribution in [0.25, 0.3) is 0 Å². The second kappa shape index (κ2) is 3.93. The third-order valence-corrected chi connectivity index (χ3v) is 1.76. The molecule has 0 bridgehead atoms. The van der Waals surface area contributed by atoms with Crippen LogP contribution < -0.4 is 0 Å². The van der Waals surface area contributed by atoms with Crippen LogP contribution in [0, 0.1) is 10.1 Å². The first-order chi connectivity index (χ1) is 6.95. The van der Waals surface area contributed by atoms with Crippen LogP contribution in [0.15, 0.2) is 18.2 Å². The molecule has 0 fully saturated rings. The summed E-state index contributed by atoms with van der Waals surface area (Å²) in [6.07, 6.45) is -2.03. The number of nitro benzene ring substituents is 1. The van der Waals surface area contributed by atoms with E-state index in [-0.39, 0.29) is 0 Å². The minimum Gasteiger partial charge on any atom is -0.502 e. The third-order valence-electron chi connectivity index (χ3n) is 1.76. The maximum absolute atomic E-state index is 10.5. The molecule has 1 unspecified atom stereocenters. The fraction of sp³-hybridized carbons (Fsp3) is 0.125. The molecule has 7 nitrogen and oxygen atoms in total. The molecule has 1 aromatic rings. The fourth-order valence-corrected chi connectivity index (χ4v) is 1.10. The van der Waals surface area contributed by atoms with Gasteiger partial charge in [0.15, 0.2) is 11.9 Å². The van der Waals surface area contributed by atoms with Gasteiger partial charge in [-0.05, 0) is 12.1 Å². The number of carboxylic acids is 1. The van der Waals surface area contributed by atoms with Crippen LogP contribution >= 0.6 is 0 Å². The number of phenolic OH excluding ortho intramolecular Hbond substituents is 1. The largest absolute Gasteiger partial charge is 0.502 e. The first kappa shape index (κ1) is 10.9. The first-order valence-electron chi connectivity index (χ1n) is 3.82. The highest BCUT2D eigenvalue weighted by Gasteiger charge is 2.28. The molecule has 3 N–H and O–H groups in total. The number of nitrogens with zero attached hydrogens (tertiary/aromatic N) is 1. The van der Waals surface area contributed by atoms with E-state index >= 15 is 0 Å². The summed E-state index contributed by atoms with van der Waals surface area (Å²) < 4.78 is 0. The van der Waals surface area contributed by atoms with Crippen molar-refractivity contribution in [1.29, 1.82) is 0 Å². The predicted octanol–water partition coefficient (Wildman–Crippen LogP) is 0.418. The zero-order valence-corrected chi connectivity index (χ0v) is 7.32. The smallest absolute Gasteiger partial charge is 0.337 e. The molecule has 0 amide bonds. The Morgan fingerprint density at radius 1 is 1.47 bits per heavy atom. The molecule has 80 valence electrons. The molecular formula is C8H7NO6. The minimum absolute atomic E-state index is 0.451. The number of aromatic hydroxyl groups is 1. The number of carbonyl (C=O) groups is 1. The average molecular weight is 213 g/mol. The van der Waals surface area contributed by atoms with Gasteiger partial charge in [0.05, 0.1) is 10.5 Å². The zero-order valence-electron chi connectivity index (χ0n) is 7.32. The molecule has 7 heteroatoms. The van der Waals surface area contributed by atoms with E-state index < -0.39 is 34.0 Å². The molecule has 0 saturated carbocycles. The Labute approximate surface area is 83.4 Å². The number of aliphatic carboxylic acids is 1. The highest BCUT2D eigenvalue weighted by molar-refractivity contribution is 5.76. The minimum atomic E-state index is -2.03. The maximum atomic E-state index is 10.5. The first-order valence-corrected chi connectivity index (χ1v) is 3.82. The normalized spacial score (nSPS) is 12.1. The Bertz CT molecular complexity index is 416. The summed E-state index contributed by atoms with van der Waals surface area (Å²) >= 11 is 0. The van der Waals surface area contributed by atoms with E-state index in [1.54, 1.807) is 0 Å². The number of aliphatic hydroxyl groups is 1. The van der Waals surface area contributed by atoms with E-state index in [0.717, 1.165) is 12.1 Å². The number of nitro groups is 1. The summed E-state index contributed by atoms with van der Waals surface area (Å²) in [5.74, 6) is -2.30. The Balaban J connectivity index is 3.35. The van der Waals surface area contributed by atoms with E-state index in [1.807, 2.05) is 0 Å². The van der Waals surface area contributed by atoms with Crippen LogP contribution in [-0.2, 0) is 4.79 Å². The SMILES string of the molecule is O=C(O)C(O)c1cccc(O)c1[N+](=O)[O-]. The monoisotopic (exact) mass is 213 g/mol. The lowest BCUT2D eigenvalue weighted by atomic mass is 10.1. The number of aliphatic hydroxyl groups excluding tert-OH is 1. The third kappa shape index (κ3) is 2.02. The van der Waals surface area contributed by atoms with Gasteiger partial charge in [0.1, 0.15) is 0 Å². The molecule has 0 aliphatic rings. The summed E-state index contributed by atoms with van der Waals surface area (Å²) in [5, 5.41) is 37.3. The molecule has 0 aliphatic heterocycles. The van der Waals surface area contributed by atoms with Gasteiger partial charge in [0, 0.05) is 0 Å². The maximum Gasteiger partial charge on any atom is 0.337 e. The molecule has 1 rings (SSSR count). The lowest BCUT2D eigenvalue weighted by Gasteiger charge is -2.06. The number of phenols is 1. The predicted molar refractivity (Wildman–Crippen MR) is 47.4 cm³/mol. The Morgan fingerprint density at radius 2 is 2.07 bits per heavy atom. The number of para-hydroxylation sites is 1. The number of hydrogen-bond acceptors (Lipinski definition) is 5. The fourth-order valence-electron chi connectivity index (χ4n) is 1.10. The molecule has 0 heterocycles. The van der Waals surface area contributed by atoms with Crippen molar-refractivity contribution < 1.29 is 25.0 Å². The van der Waals surface area contributed by atoms with E-state index in [9.17, 15) is 14.9 Å². The molecular weight excluding hydrogens is 206 g/mol. The topological polar surface area (TPSA) is 121 Å². The van der Waals surface area contributed by atoms with Crippen molar-refractivity contribution in [2.75, 3.05) is 0 Å². The van der Waals surface area contributed by atoms with Crippen molar-refractivity contribution in [2.45, 2.75) is 6.10 Å². The molecule has 0 radical (unpaired) electrons. The Morgan fingerprint density at radius 3 is 2.53 bits per heavy atom. The highest BCUT2D eigenvalue weighted by atomic mass is 16.6. The van der Waals surface area contributed by atoms with E-state index in [0.29, 0.717) is 0 Å². The van der Waals surface area contributed by atoms with Crippen molar-refractivity contribution in [3.63, 3.8) is 0 Å². The van der Waals surface area contributed by atoms with Gasteiger partial charge >= 0.3 is 11.7 Å². The van der Waals surface area contributed by atoms with E-state index in [1.165, 1.54) is 6.07 Å². The van der Waals surface area contributed by atoms with Crippen LogP contribution in [0.3, 0.4) is 0 Å². The van der Waals surface area contributed by atoms with Gasteiger partial charge < -0.3 is 15.3 Å². The van der Waals surface area contributed by atoms with E-state index in [2.05, 4.69) is 0 Å². The van der Waals surface area contributed by atoms with Gasteiger partial charge in [0.2, 0.25) is 0 Å². The quantitative estimate of drug-likeness (QED) is 0.494. The standard InChI is InChI=1S/C8H7NO6/c10-5-3-1-2-4(6(5)9(14)15)7(11)8(12)13/h1-3,7,10-11H,(H,12,13). The van der Waals surface area contributed by atoms with Gasteiger partial charge in [-0.1, -0.05) is 6.07 Å². The zero-order chi connectivity index (χ0) is 11.6. The van der Waals surface area contributed by atoms with Gasteiger partial charge in [0.25, 0.3) is 0 Å². The van der Waals surface area contributed by atoms with E-state index in [4.69, 9.17) is 15.3 Å². The highest BCUT2D eigenvalue weighted by Crippen LogP contribution is 2.33. The summed E-state index contributed by atoms with van der Waals surface area (Å²) in [6.45, 7) is 0. The van der Waals surface area contributed by atoms with Crippen LogP contribution in [-0.4, -0.2) is 26.2 Å². The van der Waals surface area contributed by atoms with Crippen molar-refractivity contribution in [3.8, 4) is 5.75 Å². The molecule has 0 aliphatic carbocycles. The second-order valence-corrected chi connectivity index (χ2v) is 2.71. The Hall–Kier alpha value is -2.15. The number of benzene rings is 1. The van der Waals surface area contributed by atoms with Crippen LogP contribution in [0.1, 0.15) is 11.7 Å². The summed E-state index contributed by atoms with van der Waals surface area (Å²) in [4.78, 5) is 20.0. The van der Waals surface area contributed by atoms with Gasteiger partial charge in [-0.3, -0.25) is 10.1 Å². The van der Waals surface area contributed by atoms with Crippen LogP contribution in [0.2, 0.25) is 0 Å². The second-order valence-electron chi connectivity index (χ2n) is 2.71. The number of hydrogen-bond donors (Lipinski definition) is 3. The molecule has 1 atom stereocenters. The van der Waals surface area contributed by atoms with Crippen molar-refractivity contribution in [1.82, 2.24) is 0 Å². The molecule has 0 spiro atoms. The lowest BCUT2D eigenvalue weighted by Crippen LogP contribution is -2.12. The summed E-state index contributed by atoms with van der Waals surface area (Å²) in [6, 6.07) is 3.32.